The maximum absolute atomic E-state index is 11.3. The number of rotatable bonds is 17. The fourth-order valence-corrected chi connectivity index (χ4v) is 10.8. The molecule has 5 heteroatoms. The van der Waals surface area contributed by atoms with Crippen LogP contribution in [0.1, 0.15) is 113 Å². The third kappa shape index (κ3) is 9.96. The van der Waals surface area contributed by atoms with Gasteiger partial charge in [-0.05, 0) is 103 Å². The first-order valence-corrected chi connectivity index (χ1v) is 25.8. The number of hydrogen-bond donors (Lipinski definition) is 2. The van der Waals surface area contributed by atoms with Gasteiger partial charge in [-0.2, -0.15) is 4.57 Å². The Kier molecular flexibility index (Phi) is 14.2. The minimum atomic E-state index is -1.71. The molecular formula is C55H70N3OSi+. The van der Waals surface area contributed by atoms with Crippen molar-refractivity contribution >= 4 is 30.3 Å². The topological polar surface area (TPSA) is 39.4 Å². The summed E-state index contributed by atoms with van der Waals surface area (Å²) >= 11 is 0. The van der Waals surface area contributed by atoms with Crippen LogP contribution in [0.15, 0.2) is 140 Å². The van der Waals surface area contributed by atoms with E-state index in [1.165, 1.54) is 33.5 Å². The van der Waals surface area contributed by atoms with Crippen molar-refractivity contribution in [1.29, 1.82) is 0 Å². The molecule has 0 radical (unpaired) electrons. The van der Waals surface area contributed by atoms with Gasteiger partial charge >= 0.3 is 0 Å². The van der Waals surface area contributed by atoms with Gasteiger partial charge in [-0.15, -0.1) is 0 Å². The lowest BCUT2D eigenvalue weighted by Crippen LogP contribution is -2.54. The highest BCUT2D eigenvalue weighted by atomic mass is 28.3. The molecule has 0 amide bonds. The number of aromatic nitrogens is 1. The summed E-state index contributed by atoms with van der Waals surface area (Å²) in [7, 11) is 0.452. The summed E-state index contributed by atoms with van der Waals surface area (Å²) in [6.07, 6.45) is 11.2. The van der Waals surface area contributed by atoms with E-state index in [1.54, 1.807) is 5.19 Å². The van der Waals surface area contributed by atoms with E-state index in [0.717, 1.165) is 71.6 Å². The first-order valence-electron chi connectivity index (χ1n) is 22.3. The lowest BCUT2D eigenvalue weighted by atomic mass is 9.78. The third-order valence-corrected chi connectivity index (χ3v) is 14.4. The van der Waals surface area contributed by atoms with E-state index >= 15 is 0 Å². The summed E-state index contributed by atoms with van der Waals surface area (Å²) in [6.45, 7) is 30.0. The number of benzene rings is 4. The van der Waals surface area contributed by atoms with E-state index in [1.807, 2.05) is 13.0 Å². The maximum Gasteiger partial charge on any atom is 0.213 e. The fourth-order valence-electron chi connectivity index (χ4n) is 9.11. The summed E-state index contributed by atoms with van der Waals surface area (Å²) in [6, 6.07) is 35.2. The van der Waals surface area contributed by atoms with E-state index in [-0.39, 0.29) is 17.9 Å². The number of fused-ring (bicyclic) bond motifs is 3. The Morgan fingerprint density at radius 2 is 1.53 bits per heavy atom. The Balaban J connectivity index is 1.42. The Bertz CT molecular complexity index is 2300. The molecule has 4 aromatic carbocycles. The number of pyridine rings is 1. The van der Waals surface area contributed by atoms with Gasteiger partial charge in [-0.25, -0.2) is 0 Å². The molecule has 3 atom stereocenters. The van der Waals surface area contributed by atoms with Crippen molar-refractivity contribution in [2.45, 2.75) is 117 Å². The van der Waals surface area contributed by atoms with Crippen LogP contribution in [0.4, 0.5) is 17.1 Å². The molecule has 4 nitrogen and oxygen atoms in total. The van der Waals surface area contributed by atoms with Crippen LogP contribution in [0.25, 0.3) is 22.4 Å². The van der Waals surface area contributed by atoms with Gasteiger partial charge in [0.2, 0.25) is 5.69 Å². The minimum absolute atomic E-state index is 0.163. The van der Waals surface area contributed by atoms with Gasteiger partial charge in [-0.3, -0.25) is 0 Å². The van der Waals surface area contributed by atoms with Crippen LogP contribution in [0.3, 0.4) is 0 Å². The van der Waals surface area contributed by atoms with E-state index in [0.29, 0.717) is 5.92 Å². The number of para-hydroxylation sites is 2. The molecule has 0 fully saturated rings. The van der Waals surface area contributed by atoms with Crippen molar-refractivity contribution in [3.8, 4) is 22.4 Å². The number of aliphatic hydroxyl groups excluding tert-OH is 1. The van der Waals surface area contributed by atoms with Gasteiger partial charge < -0.3 is 15.3 Å². The van der Waals surface area contributed by atoms with E-state index in [9.17, 15) is 5.11 Å². The van der Waals surface area contributed by atoms with Gasteiger partial charge in [0, 0.05) is 46.7 Å². The lowest BCUT2D eigenvalue weighted by molar-refractivity contribution is -0.717. The number of aliphatic hydroxyl groups is 1. The Labute approximate surface area is 363 Å². The van der Waals surface area contributed by atoms with Crippen molar-refractivity contribution in [1.82, 2.24) is 0 Å². The van der Waals surface area contributed by atoms with Crippen LogP contribution in [-0.4, -0.2) is 20.2 Å². The second kappa shape index (κ2) is 19.2. The molecule has 0 aliphatic carbocycles. The van der Waals surface area contributed by atoms with Crippen LogP contribution in [0, 0.1) is 5.92 Å². The van der Waals surface area contributed by atoms with Crippen LogP contribution in [-0.2, 0) is 6.42 Å². The van der Waals surface area contributed by atoms with Crippen molar-refractivity contribution in [3.63, 3.8) is 0 Å². The summed E-state index contributed by atoms with van der Waals surface area (Å²) in [5.41, 5.74) is 15.1. The zero-order valence-corrected chi connectivity index (χ0v) is 39.1. The van der Waals surface area contributed by atoms with Crippen LogP contribution < -0.4 is 20.0 Å². The molecule has 0 bridgehead atoms. The number of nitrogens with zero attached hydrogens (tertiary/aromatic N) is 2. The monoisotopic (exact) mass is 817 g/mol. The predicted octanol–water partition coefficient (Wildman–Crippen LogP) is 14.0. The molecule has 1 aliphatic rings. The molecule has 314 valence electrons. The number of hydrogen-bond acceptors (Lipinski definition) is 3. The van der Waals surface area contributed by atoms with Gasteiger partial charge in [0.25, 0.3) is 0 Å². The molecular weight excluding hydrogens is 747 g/mol. The summed E-state index contributed by atoms with van der Waals surface area (Å²) in [4.78, 5) is 2.28. The second-order valence-electron chi connectivity index (χ2n) is 18.8. The zero-order chi connectivity index (χ0) is 43.3. The van der Waals surface area contributed by atoms with Crippen molar-refractivity contribution in [3.05, 3.63) is 162 Å². The molecule has 2 heterocycles. The van der Waals surface area contributed by atoms with Crippen molar-refractivity contribution in [2.24, 2.45) is 5.92 Å². The molecule has 6 rings (SSSR count). The van der Waals surface area contributed by atoms with Crippen LogP contribution in [0.5, 0.6) is 0 Å². The van der Waals surface area contributed by atoms with Crippen LogP contribution >= 0.6 is 0 Å². The normalized spacial score (nSPS) is 15.6. The average molecular weight is 817 g/mol. The van der Waals surface area contributed by atoms with Gasteiger partial charge in [0.1, 0.15) is 0 Å². The van der Waals surface area contributed by atoms with E-state index in [2.05, 4.69) is 192 Å². The molecule has 0 spiro atoms. The van der Waals surface area contributed by atoms with Crippen molar-refractivity contribution < 1.29 is 9.67 Å². The lowest BCUT2D eigenvalue weighted by Gasteiger charge is -2.35. The largest absolute Gasteiger partial charge is 0.389 e. The second-order valence-corrected chi connectivity index (χ2v) is 23.9. The SMILES string of the molecule is C=C(/C=C\CC)CCC1c2ccccc2-c2cc(CC(C)C)c([Si](C)(C)C)c[n+]2C1CC(=C)N(C)c1ccccc1Nc1c(C(C)C)cc(-c2ccccc2)cc1C(C)O. The first-order chi connectivity index (χ1) is 28.6. The highest BCUT2D eigenvalue weighted by Gasteiger charge is 2.42. The molecule has 2 N–H and O–H groups in total. The highest BCUT2D eigenvalue weighted by molar-refractivity contribution is 6.89. The summed E-state index contributed by atoms with van der Waals surface area (Å²) in [5, 5.41) is 16.7. The molecule has 1 aromatic heterocycles. The molecule has 3 unspecified atom stereocenters. The Hall–Kier alpha value is -4.97. The molecule has 0 saturated carbocycles. The van der Waals surface area contributed by atoms with Crippen molar-refractivity contribution in [2.75, 3.05) is 17.3 Å². The smallest absolute Gasteiger partial charge is 0.213 e. The van der Waals surface area contributed by atoms with E-state index in [4.69, 9.17) is 6.58 Å². The Morgan fingerprint density at radius 1 is 0.867 bits per heavy atom. The van der Waals surface area contributed by atoms with Gasteiger partial charge in [0.05, 0.1) is 32.0 Å². The number of anilines is 3. The van der Waals surface area contributed by atoms with E-state index < -0.39 is 14.2 Å². The first kappa shape index (κ1) is 44.6. The quantitative estimate of drug-likeness (QED) is 0.0558. The minimum Gasteiger partial charge on any atom is -0.389 e. The predicted molar refractivity (Wildman–Crippen MR) is 262 cm³/mol. The Morgan fingerprint density at radius 3 is 2.20 bits per heavy atom. The standard InChI is InChI=1S/C55H70N3OSi/c1-13-14-22-39(6)29-30-47-45-25-18-19-26-46(45)53-35-44(31-37(2)3)54(60(10,11)12)36-58(53)52(47)32-40(7)57(9)51-28-21-20-27-50(51)56-55-48(38(4)5)33-43(34-49(55)41(8)59)42-23-16-15-17-24-42/h14-28,33-38,41,47,52,56,59H,6-7,13,29-32H2,1-5,8-12H3/q+1/b22-14-. The number of nitrogens with one attached hydrogen (secondary N) is 1. The maximum atomic E-state index is 11.3. The average Bonchev–Trinajstić information content (AvgIpc) is 3.21. The summed E-state index contributed by atoms with van der Waals surface area (Å²) in [5.74, 6) is 1.08. The molecule has 5 aromatic rings. The fraction of sp³-hybridized carbons (Fsp3) is 0.364. The highest BCUT2D eigenvalue weighted by Crippen LogP contribution is 2.45. The summed E-state index contributed by atoms with van der Waals surface area (Å²) < 4.78 is 2.65. The van der Waals surface area contributed by atoms with Crippen LogP contribution in [0.2, 0.25) is 19.6 Å². The molecule has 0 saturated heterocycles. The number of allylic oxidation sites excluding steroid dienone is 4. The molecule has 60 heavy (non-hydrogen) atoms. The molecule has 1 aliphatic heterocycles. The zero-order valence-electron chi connectivity index (χ0n) is 38.1. The van der Waals surface area contributed by atoms with Gasteiger partial charge in [-0.1, -0.05) is 146 Å². The third-order valence-electron chi connectivity index (χ3n) is 12.3. The van der Waals surface area contributed by atoms with Gasteiger partial charge in [0.15, 0.2) is 12.2 Å².